The minimum absolute atomic E-state index is 0.226. The van der Waals surface area contributed by atoms with E-state index < -0.39 is 16.6 Å². The Morgan fingerprint density at radius 1 is 0.375 bits per heavy atom. The third-order valence-electron chi connectivity index (χ3n) is 14.4. The van der Waals surface area contributed by atoms with Crippen molar-refractivity contribution in [1.82, 2.24) is 0 Å². The van der Waals surface area contributed by atoms with Crippen molar-refractivity contribution >= 4 is 72.8 Å². The van der Waals surface area contributed by atoms with Gasteiger partial charge in [-0.2, -0.15) is 0 Å². The van der Waals surface area contributed by atoms with E-state index in [4.69, 9.17) is 8.85 Å². The summed E-state index contributed by atoms with van der Waals surface area (Å²) in [6, 6.07) is 51.7. The molecular formula is C58H76Br2O2Si2. The smallest absolute Gasteiger partial charge is 0.192 e. The molecule has 2 unspecified atom stereocenters. The molecule has 0 aliphatic heterocycles. The summed E-state index contributed by atoms with van der Waals surface area (Å²) in [6.45, 7) is 23.3. The Balaban J connectivity index is 1.21. The molecule has 342 valence electrons. The van der Waals surface area contributed by atoms with Crippen molar-refractivity contribution in [2.45, 2.75) is 142 Å². The monoisotopic (exact) mass is 1020 g/mol. The molecule has 0 saturated carbocycles. The lowest BCUT2D eigenvalue weighted by atomic mass is 9.81. The van der Waals surface area contributed by atoms with Crippen LogP contribution in [0.2, 0.25) is 36.3 Å². The van der Waals surface area contributed by atoms with E-state index in [1.54, 1.807) is 0 Å². The van der Waals surface area contributed by atoms with E-state index in [1.807, 2.05) is 0 Å². The highest BCUT2D eigenvalue weighted by Crippen LogP contribution is 2.37. The Labute approximate surface area is 407 Å². The van der Waals surface area contributed by atoms with Crippen LogP contribution in [0.1, 0.15) is 114 Å². The maximum absolute atomic E-state index is 7.23. The molecule has 0 aromatic heterocycles. The highest BCUT2D eigenvalue weighted by molar-refractivity contribution is 9.10. The molecule has 0 bridgehead atoms. The molecule has 0 aliphatic carbocycles. The highest BCUT2D eigenvalue weighted by atomic mass is 79.9. The van der Waals surface area contributed by atoms with E-state index >= 15 is 0 Å². The van der Waals surface area contributed by atoms with Crippen molar-refractivity contribution in [3.05, 3.63) is 175 Å². The first-order valence-corrected chi connectivity index (χ1v) is 30.8. The van der Waals surface area contributed by atoms with Gasteiger partial charge < -0.3 is 8.85 Å². The molecule has 2 atom stereocenters. The van der Waals surface area contributed by atoms with Crippen LogP contribution in [0.3, 0.4) is 0 Å². The Morgan fingerprint density at radius 3 is 0.797 bits per heavy atom. The van der Waals surface area contributed by atoms with Crippen molar-refractivity contribution < 1.29 is 8.85 Å². The first kappa shape index (κ1) is 51.9. The molecule has 5 aromatic carbocycles. The predicted molar refractivity (Wildman–Crippen MR) is 292 cm³/mol. The average molecular weight is 1020 g/mol. The highest BCUT2D eigenvalue weighted by Gasteiger charge is 2.41. The van der Waals surface area contributed by atoms with Crippen molar-refractivity contribution in [3.8, 4) is 0 Å². The van der Waals surface area contributed by atoms with Gasteiger partial charge in [0.25, 0.3) is 0 Å². The minimum Gasteiger partial charge on any atom is -0.412 e. The molecule has 64 heavy (non-hydrogen) atoms. The third-order valence-corrected chi connectivity index (χ3v) is 25.1. The fourth-order valence-electron chi connectivity index (χ4n) is 9.36. The van der Waals surface area contributed by atoms with Gasteiger partial charge in [0, 0.05) is 8.95 Å². The van der Waals surface area contributed by atoms with E-state index in [1.165, 1.54) is 44.5 Å². The largest absolute Gasteiger partial charge is 0.412 e. The van der Waals surface area contributed by atoms with Gasteiger partial charge in [0.05, 0.1) is 11.2 Å². The van der Waals surface area contributed by atoms with Crippen molar-refractivity contribution in [2.24, 2.45) is 11.8 Å². The molecule has 0 spiro atoms. The maximum atomic E-state index is 7.23. The van der Waals surface area contributed by atoms with Crippen molar-refractivity contribution in [1.29, 1.82) is 0 Å². The van der Waals surface area contributed by atoms with Crippen LogP contribution >= 0.6 is 31.9 Å². The third kappa shape index (κ3) is 15.0. The molecule has 0 amide bonds. The molecule has 0 fully saturated rings. The van der Waals surface area contributed by atoms with Crippen LogP contribution in [0.25, 0.3) is 24.3 Å². The Morgan fingerprint density at radius 2 is 0.578 bits per heavy atom. The molecule has 5 rings (SSSR count). The van der Waals surface area contributed by atoms with E-state index in [0.717, 1.165) is 70.9 Å². The van der Waals surface area contributed by atoms with Gasteiger partial charge in [-0.3, -0.25) is 0 Å². The van der Waals surface area contributed by atoms with Gasteiger partial charge in [-0.1, -0.05) is 195 Å². The second-order valence-electron chi connectivity index (χ2n) is 19.2. The summed E-state index contributed by atoms with van der Waals surface area (Å²) in [5.74, 6) is 0.716. The van der Waals surface area contributed by atoms with Gasteiger partial charge in [0.15, 0.2) is 16.6 Å². The molecule has 0 aliphatic rings. The Kier molecular flexibility index (Phi) is 19.5. The van der Waals surface area contributed by atoms with Crippen LogP contribution in [0.4, 0.5) is 0 Å². The predicted octanol–water partition coefficient (Wildman–Crippen LogP) is 18.0. The van der Waals surface area contributed by atoms with Crippen LogP contribution in [-0.4, -0.2) is 27.8 Å². The van der Waals surface area contributed by atoms with Crippen LogP contribution in [0, 0.1) is 11.8 Å². The van der Waals surface area contributed by atoms with Crippen molar-refractivity contribution in [3.63, 3.8) is 0 Å². The normalized spacial score (nSPS) is 13.8. The molecule has 5 aromatic rings. The molecule has 6 heteroatoms. The lowest BCUT2D eigenvalue weighted by molar-refractivity contribution is 0.0312. The summed E-state index contributed by atoms with van der Waals surface area (Å²) in [6.07, 6.45) is 12.8. The Bertz CT molecular complexity index is 2020. The fraction of sp³-hybridized carbons (Fsp3) is 0.414. The second-order valence-corrected chi connectivity index (χ2v) is 30.4. The summed E-state index contributed by atoms with van der Waals surface area (Å²) >= 11 is 7.24. The van der Waals surface area contributed by atoms with Crippen LogP contribution in [-0.2, 0) is 34.5 Å². The van der Waals surface area contributed by atoms with Gasteiger partial charge in [-0.25, -0.2) is 0 Å². The van der Waals surface area contributed by atoms with Crippen LogP contribution in [0.5, 0.6) is 0 Å². The first-order chi connectivity index (χ1) is 30.6. The molecule has 0 radical (unpaired) electrons. The standard InChI is InChI=1S/C58H76Br2O2Si2/c1-11-63(12-2,13-3)61-57(7,8)53(43-51-33-37-55(59)38-34-51)41-49-29-25-47(26-30-49)23-21-45-17-19-46(20-18-45)22-24-48-27-31-50(32-28-48)42-54(44-52-35-39-56(60)40-36-52)58(9,10)62-64(14-4,15-5)16-6/h17-40,53-54H,11-16,41-44H2,1-10H3. The summed E-state index contributed by atoms with van der Waals surface area (Å²) in [5, 5.41) is 0. The number of hydrogen-bond acceptors (Lipinski definition) is 2. The lowest BCUT2D eigenvalue weighted by Gasteiger charge is -2.43. The van der Waals surface area contributed by atoms with E-state index in [9.17, 15) is 0 Å². The molecule has 2 nitrogen and oxygen atoms in total. The van der Waals surface area contributed by atoms with E-state index in [2.05, 4.69) is 247 Å². The summed E-state index contributed by atoms with van der Waals surface area (Å²) in [7, 11) is -3.58. The Hall–Kier alpha value is -3.11. The number of hydrogen-bond donors (Lipinski definition) is 0. The van der Waals surface area contributed by atoms with Gasteiger partial charge >= 0.3 is 0 Å². The summed E-state index contributed by atoms with van der Waals surface area (Å²) in [4.78, 5) is 0. The van der Waals surface area contributed by atoms with Gasteiger partial charge in [-0.05, 0) is 170 Å². The number of halogens is 2. The SMILES string of the molecule is CC[Si](CC)(CC)OC(C)(C)C(Cc1ccc(Br)cc1)Cc1ccc(C=Cc2ccc(C=Cc3ccc(CC(Cc4ccc(Br)cc4)C(C)(C)O[Si](CC)(CC)CC)cc3)cc2)cc1. The minimum atomic E-state index is -1.79. The summed E-state index contributed by atoms with van der Waals surface area (Å²) < 4.78 is 16.7. The van der Waals surface area contributed by atoms with Crippen molar-refractivity contribution in [2.75, 3.05) is 0 Å². The lowest BCUT2D eigenvalue weighted by Crippen LogP contribution is -2.49. The first-order valence-electron chi connectivity index (χ1n) is 24.1. The number of benzene rings is 5. The fourth-order valence-corrected chi connectivity index (χ4v) is 16.3. The topological polar surface area (TPSA) is 18.5 Å². The number of rotatable bonds is 24. The van der Waals surface area contributed by atoms with Gasteiger partial charge in [-0.15, -0.1) is 0 Å². The average Bonchev–Trinajstić information content (AvgIpc) is 3.30. The zero-order chi connectivity index (χ0) is 46.4. The zero-order valence-electron chi connectivity index (χ0n) is 40.7. The molecule has 0 saturated heterocycles. The quantitative estimate of drug-likeness (QED) is 0.0453. The van der Waals surface area contributed by atoms with Crippen LogP contribution in [0.15, 0.2) is 130 Å². The molecule has 0 N–H and O–H groups in total. The second kappa shape index (κ2) is 24.1. The van der Waals surface area contributed by atoms with Gasteiger partial charge in [0.2, 0.25) is 0 Å². The zero-order valence-corrected chi connectivity index (χ0v) is 45.8. The van der Waals surface area contributed by atoms with E-state index in [-0.39, 0.29) is 11.2 Å². The van der Waals surface area contributed by atoms with Crippen LogP contribution < -0.4 is 0 Å². The van der Waals surface area contributed by atoms with Gasteiger partial charge in [0.1, 0.15) is 0 Å². The molecule has 0 heterocycles. The maximum Gasteiger partial charge on any atom is 0.192 e. The summed E-state index contributed by atoms with van der Waals surface area (Å²) in [5.41, 5.74) is 9.78. The molecular weight excluding hydrogens is 945 g/mol. The van der Waals surface area contributed by atoms with E-state index in [0.29, 0.717) is 11.8 Å².